The van der Waals surface area contributed by atoms with Crippen LogP contribution in [0.5, 0.6) is 11.5 Å². The molecule has 0 saturated heterocycles. The first-order valence-corrected chi connectivity index (χ1v) is 8.19. The molecule has 0 spiro atoms. The van der Waals surface area contributed by atoms with E-state index >= 15 is 0 Å². The minimum atomic E-state index is -0.201. The second-order valence-electron chi connectivity index (χ2n) is 5.48. The molecule has 0 unspecified atom stereocenters. The van der Waals surface area contributed by atoms with Crippen molar-refractivity contribution in [1.82, 2.24) is 0 Å². The van der Waals surface area contributed by atoms with Gasteiger partial charge < -0.3 is 14.8 Å². The van der Waals surface area contributed by atoms with Crippen molar-refractivity contribution in [2.75, 3.05) is 18.5 Å². The summed E-state index contributed by atoms with van der Waals surface area (Å²) in [6.07, 6.45) is 0. The average Bonchev–Trinajstić information content (AvgIpc) is 2.66. The molecule has 0 aliphatic heterocycles. The summed E-state index contributed by atoms with van der Waals surface area (Å²) in [6.45, 7) is 1.39. The molecule has 0 aliphatic rings. The minimum absolute atomic E-state index is 0.201. The first kappa shape index (κ1) is 16.8. The Morgan fingerprint density at radius 3 is 1.96 bits per heavy atom. The number of rotatable bonds is 8. The molecule has 0 bridgehead atoms. The van der Waals surface area contributed by atoms with Crippen LogP contribution in [0.3, 0.4) is 0 Å². The van der Waals surface area contributed by atoms with Gasteiger partial charge in [0.05, 0.1) is 0 Å². The molecule has 0 saturated carbocycles. The van der Waals surface area contributed by atoms with Gasteiger partial charge in [-0.25, -0.2) is 4.39 Å². The van der Waals surface area contributed by atoms with Gasteiger partial charge in [0.15, 0.2) is 0 Å². The number of anilines is 1. The van der Waals surface area contributed by atoms with Gasteiger partial charge in [0.25, 0.3) is 0 Å². The summed E-state index contributed by atoms with van der Waals surface area (Å²) in [7, 11) is 0. The van der Waals surface area contributed by atoms with Crippen LogP contribution >= 0.6 is 0 Å². The van der Waals surface area contributed by atoms with Gasteiger partial charge in [-0.15, -0.1) is 0 Å². The Morgan fingerprint density at radius 1 is 0.680 bits per heavy atom. The monoisotopic (exact) mass is 337 g/mol. The van der Waals surface area contributed by atoms with E-state index in [1.54, 1.807) is 12.1 Å². The average molecular weight is 337 g/mol. The quantitative estimate of drug-likeness (QED) is 0.593. The zero-order chi connectivity index (χ0) is 17.3. The van der Waals surface area contributed by atoms with Gasteiger partial charge in [-0.3, -0.25) is 0 Å². The molecule has 3 aromatic carbocycles. The molecular weight excluding hydrogens is 317 g/mol. The van der Waals surface area contributed by atoms with Crippen LogP contribution in [0.1, 0.15) is 5.56 Å². The van der Waals surface area contributed by atoms with Gasteiger partial charge in [0, 0.05) is 17.8 Å². The summed E-state index contributed by atoms with van der Waals surface area (Å²) < 4.78 is 24.8. The molecule has 0 radical (unpaired) electrons. The first-order valence-electron chi connectivity index (χ1n) is 8.19. The summed E-state index contributed by atoms with van der Waals surface area (Å²) in [4.78, 5) is 0. The molecule has 0 atom stereocenters. The number of nitrogens with one attached hydrogen (secondary N) is 1. The molecule has 4 heteroatoms. The van der Waals surface area contributed by atoms with Crippen LogP contribution in [-0.2, 0) is 6.54 Å². The second kappa shape index (κ2) is 8.73. The summed E-state index contributed by atoms with van der Waals surface area (Å²) in [5.74, 6) is 1.40. The fraction of sp³-hybridized carbons (Fsp3) is 0.143. The SMILES string of the molecule is Fc1ccccc1CNc1ccc(OCCOc2ccccc2)cc1. The minimum Gasteiger partial charge on any atom is -0.490 e. The Morgan fingerprint density at radius 2 is 1.28 bits per heavy atom. The van der Waals surface area contributed by atoms with Crippen molar-refractivity contribution in [2.45, 2.75) is 6.54 Å². The zero-order valence-corrected chi connectivity index (χ0v) is 13.8. The van der Waals surface area contributed by atoms with E-state index in [2.05, 4.69) is 5.32 Å². The van der Waals surface area contributed by atoms with Crippen LogP contribution in [-0.4, -0.2) is 13.2 Å². The highest BCUT2D eigenvalue weighted by atomic mass is 19.1. The lowest BCUT2D eigenvalue weighted by molar-refractivity contribution is 0.217. The van der Waals surface area contributed by atoms with Crippen LogP contribution in [0.15, 0.2) is 78.9 Å². The van der Waals surface area contributed by atoms with Crippen molar-refractivity contribution >= 4 is 5.69 Å². The highest BCUT2D eigenvalue weighted by Crippen LogP contribution is 2.17. The van der Waals surface area contributed by atoms with Crippen molar-refractivity contribution in [3.8, 4) is 11.5 Å². The maximum atomic E-state index is 13.6. The van der Waals surface area contributed by atoms with Crippen LogP contribution in [0.2, 0.25) is 0 Å². The summed E-state index contributed by atoms with van der Waals surface area (Å²) in [6, 6.07) is 24.0. The molecule has 1 N–H and O–H groups in total. The Kier molecular flexibility index (Phi) is 5.88. The number of ether oxygens (including phenoxy) is 2. The van der Waals surface area contributed by atoms with Crippen LogP contribution < -0.4 is 14.8 Å². The molecule has 0 amide bonds. The molecule has 0 fully saturated rings. The van der Waals surface area contributed by atoms with Crippen LogP contribution in [0.25, 0.3) is 0 Å². The molecule has 3 rings (SSSR count). The van der Waals surface area contributed by atoms with Gasteiger partial charge in [-0.05, 0) is 42.5 Å². The topological polar surface area (TPSA) is 30.5 Å². The van der Waals surface area contributed by atoms with Crippen LogP contribution in [0.4, 0.5) is 10.1 Å². The number of hydrogen-bond acceptors (Lipinski definition) is 3. The fourth-order valence-electron chi connectivity index (χ4n) is 2.34. The van der Waals surface area contributed by atoms with E-state index in [0.29, 0.717) is 25.3 Å². The van der Waals surface area contributed by atoms with Crippen molar-refractivity contribution in [3.05, 3.63) is 90.2 Å². The predicted molar refractivity (Wildman–Crippen MR) is 97.6 cm³/mol. The van der Waals surface area contributed by atoms with Crippen molar-refractivity contribution < 1.29 is 13.9 Å². The highest BCUT2D eigenvalue weighted by Gasteiger charge is 2.01. The Hall–Kier alpha value is -3.01. The lowest BCUT2D eigenvalue weighted by atomic mass is 10.2. The van der Waals surface area contributed by atoms with E-state index < -0.39 is 0 Å². The zero-order valence-electron chi connectivity index (χ0n) is 13.8. The highest BCUT2D eigenvalue weighted by molar-refractivity contribution is 5.46. The lowest BCUT2D eigenvalue weighted by Crippen LogP contribution is -2.09. The molecule has 128 valence electrons. The first-order chi connectivity index (χ1) is 12.3. The Balaban J connectivity index is 1.42. The number of para-hydroxylation sites is 1. The summed E-state index contributed by atoms with van der Waals surface area (Å²) in [5, 5.41) is 3.20. The molecule has 0 aromatic heterocycles. The summed E-state index contributed by atoms with van der Waals surface area (Å²) in [5.41, 5.74) is 1.55. The molecule has 3 nitrogen and oxygen atoms in total. The largest absolute Gasteiger partial charge is 0.490 e. The third-order valence-electron chi connectivity index (χ3n) is 3.66. The van der Waals surface area contributed by atoms with E-state index in [9.17, 15) is 4.39 Å². The van der Waals surface area contributed by atoms with E-state index in [4.69, 9.17) is 9.47 Å². The fourth-order valence-corrected chi connectivity index (χ4v) is 2.34. The molecule has 0 aliphatic carbocycles. The van der Waals surface area contributed by atoms with E-state index in [-0.39, 0.29) is 5.82 Å². The molecule has 25 heavy (non-hydrogen) atoms. The lowest BCUT2D eigenvalue weighted by Gasteiger charge is -2.10. The van der Waals surface area contributed by atoms with Crippen molar-refractivity contribution in [3.63, 3.8) is 0 Å². The standard InChI is InChI=1S/C21H20FNO2/c22-21-9-5-4-6-17(21)16-23-18-10-12-20(13-11-18)25-15-14-24-19-7-2-1-3-8-19/h1-13,23H,14-16H2. The maximum Gasteiger partial charge on any atom is 0.128 e. The van der Waals surface area contributed by atoms with Gasteiger partial charge in [0.1, 0.15) is 30.5 Å². The third-order valence-corrected chi connectivity index (χ3v) is 3.66. The third kappa shape index (κ3) is 5.24. The van der Waals surface area contributed by atoms with Crippen molar-refractivity contribution in [1.29, 1.82) is 0 Å². The Labute approximate surface area is 147 Å². The van der Waals surface area contributed by atoms with E-state index in [1.807, 2.05) is 60.7 Å². The van der Waals surface area contributed by atoms with E-state index in [0.717, 1.165) is 17.2 Å². The maximum absolute atomic E-state index is 13.6. The van der Waals surface area contributed by atoms with Gasteiger partial charge in [0.2, 0.25) is 0 Å². The van der Waals surface area contributed by atoms with Crippen LogP contribution in [0, 0.1) is 5.82 Å². The molecular formula is C21H20FNO2. The van der Waals surface area contributed by atoms with E-state index in [1.165, 1.54) is 6.07 Å². The normalized spacial score (nSPS) is 10.3. The summed E-state index contributed by atoms with van der Waals surface area (Å²) >= 11 is 0. The smallest absolute Gasteiger partial charge is 0.128 e. The van der Waals surface area contributed by atoms with Gasteiger partial charge in [-0.2, -0.15) is 0 Å². The van der Waals surface area contributed by atoms with Gasteiger partial charge >= 0.3 is 0 Å². The Bertz CT molecular complexity index is 775. The predicted octanol–water partition coefficient (Wildman–Crippen LogP) is 4.90. The number of halogens is 1. The van der Waals surface area contributed by atoms with Gasteiger partial charge in [-0.1, -0.05) is 36.4 Å². The second-order valence-corrected chi connectivity index (χ2v) is 5.48. The molecule has 3 aromatic rings. The molecule has 0 heterocycles. The number of benzene rings is 3. The number of hydrogen-bond donors (Lipinski definition) is 1. The van der Waals surface area contributed by atoms with Crippen molar-refractivity contribution in [2.24, 2.45) is 0 Å².